The number of fused-ring (bicyclic) bond motifs is 1. The van der Waals surface area contributed by atoms with Crippen LogP contribution in [0.5, 0.6) is 0 Å². The fourth-order valence-corrected chi connectivity index (χ4v) is 2.97. The maximum absolute atomic E-state index is 11.3. The van der Waals surface area contributed by atoms with Crippen molar-refractivity contribution in [3.05, 3.63) is 34.8 Å². The lowest BCUT2D eigenvalue weighted by Crippen LogP contribution is -2.33. The van der Waals surface area contributed by atoms with Gasteiger partial charge in [0.15, 0.2) is 0 Å². The van der Waals surface area contributed by atoms with E-state index in [4.69, 9.17) is 16.0 Å². The molecule has 0 radical (unpaired) electrons. The summed E-state index contributed by atoms with van der Waals surface area (Å²) in [7, 11) is 0. The maximum atomic E-state index is 11.3. The molecule has 0 spiro atoms. The van der Waals surface area contributed by atoms with Gasteiger partial charge in [0.25, 0.3) is 0 Å². The van der Waals surface area contributed by atoms with Crippen molar-refractivity contribution in [2.75, 3.05) is 0 Å². The van der Waals surface area contributed by atoms with Crippen molar-refractivity contribution in [2.45, 2.75) is 24.9 Å². The molecular weight excluding hydrogens is 322 g/mol. The molecule has 8 heteroatoms. The zero-order chi connectivity index (χ0) is 16.2. The van der Waals surface area contributed by atoms with Gasteiger partial charge >= 0.3 is 5.97 Å². The SMILES string of the molecule is O=C(O)c1c[nH]c2cc(Cl)c(-c3nnc(C4(O)CCC4)o3)cc12. The smallest absolute Gasteiger partial charge is 0.337 e. The summed E-state index contributed by atoms with van der Waals surface area (Å²) >= 11 is 6.24. The number of nitrogens with one attached hydrogen (secondary N) is 1. The van der Waals surface area contributed by atoms with Crippen LogP contribution < -0.4 is 0 Å². The first-order valence-electron chi connectivity index (χ1n) is 7.08. The summed E-state index contributed by atoms with van der Waals surface area (Å²) in [6.45, 7) is 0. The van der Waals surface area contributed by atoms with E-state index in [1.165, 1.54) is 6.20 Å². The molecular formula is C15H12ClN3O4. The topological polar surface area (TPSA) is 112 Å². The van der Waals surface area contributed by atoms with E-state index in [1.807, 2.05) is 0 Å². The van der Waals surface area contributed by atoms with Gasteiger partial charge in [-0.05, 0) is 31.4 Å². The molecule has 0 amide bonds. The number of carboxylic acids is 1. The average Bonchev–Trinajstić information content (AvgIpc) is 3.10. The number of hydrogen-bond acceptors (Lipinski definition) is 5. The molecule has 2 heterocycles. The van der Waals surface area contributed by atoms with Gasteiger partial charge in [-0.15, -0.1) is 10.2 Å². The van der Waals surface area contributed by atoms with E-state index in [0.29, 0.717) is 34.3 Å². The van der Waals surface area contributed by atoms with Gasteiger partial charge in [-0.3, -0.25) is 0 Å². The molecule has 1 fully saturated rings. The normalized spacial score (nSPS) is 16.4. The first-order valence-corrected chi connectivity index (χ1v) is 7.46. The lowest BCUT2D eigenvalue weighted by atomic mass is 9.80. The number of carbonyl (C=O) groups is 1. The van der Waals surface area contributed by atoms with Crippen LogP contribution in [0.4, 0.5) is 0 Å². The molecule has 3 N–H and O–H groups in total. The Morgan fingerprint density at radius 2 is 2.13 bits per heavy atom. The van der Waals surface area contributed by atoms with Gasteiger partial charge in [0.05, 0.1) is 16.1 Å². The van der Waals surface area contributed by atoms with Crippen LogP contribution in [0.2, 0.25) is 5.02 Å². The number of aromatic nitrogens is 3. The first-order chi connectivity index (χ1) is 11.0. The third-order valence-electron chi connectivity index (χ3n) is 4.23. The predicted molar refractivity (Wildman–Crippen MR) is 81.3 cm³/mol. The molecule has 118 valence electrons. The van der Waals surface area contributed by atoms with Crippen molar-refractivity contribution in [3.8, 4) is 11.5 Å². The molecule has 0 saturated heterocycles. The number of aromatic carboxylic acids is 1. The number of halogens is 1. The van der Waals surface area contributed by atoms with E-state index in [2.05, 4.69) is 15.2 Å². The Morgan fingerprint density at radius 1 is 1.35 bits per heavy atom. The largest absolute Gasteiger partial charge is 0.478 e. The average molecular weight is 334 g/mol. The quantitative estimate of drug-likeness (QED) is 0.679. The van der Waals surface area contributed by atoms with Crippen molar-refractivity contribution >= 4 is 28.5 Å². The van der Waals surface area contributed by atoms with Crippen LogP contribution in [0.25, 0.3) is 22.4 Å². The van der Waals surface area contributed by atoms with Crippen LogP contribution in [0.15, 0.2) is 22.7 Å². The second-order valence-electron chi connectivity index (χ2n) is 5.68. The highest BCUT2D eigenvalue weighted by molar-refractivity contribution is 6.34. The van der Waals surface area contributed by atoms with E-state index in [0.717, 1.165) is 6.42 Å². The van der Waals surface area contributed by atoms with Crippen LogP contribution in [0.1, 0.15) is 35.5 Å². The highest BCUT2D eigenvalue weighted by Crippen LogP contribution is 2.41. The van der Waals surface area contributed by atoms with Gasteiger partial charge in [0.1, 0.15) is 5.60 Å². The van der Waals surface area contributed by atoms with E-state index >= 15 is 0 Å². The van der Waals surface area contributed by atoms with E-state index in [1.54, 1.807) is 12.1 Å². The minimum absolute atomic E-state index is 0.135. The summed E-state index contributed by atoms with van der Waals surface area (Å²) in [6, 6.07) is 3.21. The van der Waals surface area contributed by atoms with Crippen LogP contribution >= 0.6 is 11.6 Å². The fourth-order valence-electron chi connectivity index (χ4n) is 2.73. The monoisotopic (exact) mass is 333 g/mol. The second kappa shape index (κ2) is 4.81. The number of benzene rings is 1. The molecule has 1 saturated carbocycles. The summed E-state index contributed by atoms with van der Waals surface area (Å²) in [6.07, 6.45) is 3.49. The fraction of sp³-hybridized carbons (Fsp3) is 0.267. The Kier molecular flexibility index (Phi) is 2.97. The van der Waals surface area contributed by atoms with Crippen LogP contribution in [-0.4, -0.2) is 31.4 Å². The number of carboxylic acid groups (broad SMARTS) is 1. The molecule has 1 aliphatic carbocycles. The van der Waals surface area contributed by atoms with Crippen molar-refractivity contribution in [1.82, 2.24) is 15.2 Å². The summed E-state index contributed by atoms with van der Waals surface area (Å²) in [5.74, 6) is -0.716. The number of hydrogen-bond donors (Lipinski definition) is 3. The highest BCUT2D eigenvalue weighted by Gasteiger charge is 2.41. The Balaban J connectivity index is 1.83. The van der Waals surface area contributed by atoms with Crippen molar-refractivity contribution in [3.63, 3.8) is 0 Å². The van der Waals surface area contributed by atoms with Gasteiger partial charge in [-0.25, -0.2) is 4.79 Å². The third-order valence-corrected chi connectivity index (χ3v) is 4.55. The second-order valence-corrected chi connectivity index (χ2v) is 6.09. The van der Waals surface area contributed by atoms with E-state index in [9.17, 15) is 15.0 Å². The number of rotatable bonds is 3. The molecule has 4 rings (SSSR count). The molecule has 7 nitrogen and oxygen atoms in total. The Hall–Kier alpha value is -2.38. The number of H-pyrrole nitrogens is 1. The zero-order valence-corrected chi connectivity index (χ0v) is 12.6. The third kappa shape index (κ3) is 2.12. The van der Waals surface area contributed by atoms with Crippen molar-refractivity contribution in [2.24, 2.45) is 0 Å². The minimum atomic E-state index is -1.05. The highest BCUT2D eigenvalue weighted by atomic mass is 35.5. The lowest BCUT2D eigenvalue weighted by Gasteiger charge is -2.32. The predicted octanol–water partition coefficient (Wildman–Crippen LogP) is 2.94. The van der Waals surface area contributed by atoms with E-state index < -0.39 is 11.6 Å². The first kappa shape index (κ1) is 14.2. The summed E-state index contributed by atoms with van der Waals surface area (Å²) in [5, 5.41) is 28.2. The van der Waals surface area contributed by atoms with Gasteiger partial charge < -0.3 is 19.6 Å². The van der Waals surface area contributed by atoms with E-state index in [-0.39, 0.29) is 17.3 Å². The Morgan fingerprint density at radius 3 is 2.78 bits per heavy atom. The number of aliphatic hydroxyl groups is 1. The van der Waals surface area contributed by atoms with Gasteiger partial charge in [-0.1, -0.05) is 11.6 Å². The molecule has 0 aliphatic heterocycles. The van der Waals surface area contributed by atoms with Crippen LogP contribution in [0, 0.1) is 0 Å². The number of aromatic amines is 1. The molecule has 2 aromatic heterocycles. The lowest BCUT2D eigenvalue weighted by molar-refractivity contribution is -0.0609. The van der Waals surface area contributed by atoms with Crippen LogP contribution in [-0.2, 0) is 5.60 Å². The van der Waals surface area contributed by atoms with Crippen molar-refractivity contribution in [1.29, 1.82) is 0 Å². The molecule has 1 aromatic carbocycles. The summed E-state index contributed by atoms with van der Waals surface area (Å²) < 4.78 is 5.57. The molecule has 1 aliphatic rings. The summed E-state index contributed by atoms with van der Waals surface area (Å²) in [4.78, 5) is 14.1. The van der Waals surface area contributed by atoms with Crippen molar-refractivity contribution < 1.29 is 19.4 Å². The molecule has 3 aromatic rings. The van der Waals surface area contributed by atoms with Gasteiger partial charge in [-0.2, -0.15) is 0 Å². The number of nitrogens with zero attached hydrogens (tertiary/aromatic N) is 2. The maximum Gasteiger partial charge on any atom is 0.337 e. The molecule has 0 atom stereocenters. The van der Waals surface area contributed by atoms with Gasteiger partial charge in [0, 0.05) is 17.1 Å². The summed E-state index contributed by atoms with van der Waals surface area (Å²) in [5.41, 5.74) is 0.119. The molecule has 23 heavy (non-hydrogen) atoms. The minimum Gasteiger partial charge on any atom is -0.478 e. The standard InChI is InChI=1S/C15H12ClN3O4/c16-10-5-11-7(9(6-17-11)13(20)21)4-8(10)12-18-19-14(23-12)15(22)2-1-3-15/h4-6,17,22H,1-3H2,(H,20,21). The van der Waals surface area contributed by atoms with Gasteiger partial charge in [0.2, 0.25) is 11.8 Å². The Bertz CT molecular complexity index is 926. The Labute approximate surface area is 134 Å². The van der Waals surface area contributed by atoms with Crippen LogP contribution in [0.3, 0.4) is 0 Å². The molecule has 0 unspecified atom stereocenters. The zero-order valence-electron chi connectivity index (χ0n) is 11.8. The molecule has 0 bridgehead atoms.